The van der Waals surface area contributed by atoms with Gasteiger partial charge in [-0.3, -0.25) is 0 Å². The Bertz CT molecular complexity index is 637. The van der Waals surface area contributed by atoms with E-state index in [1.54, 1.807) is 6.08 Å². The normalized spacial score (nSPS) is 48.5. The number of aliphatic hydroxyl groups excluding tert-OH is 8. The lowest BCUT2D eigenvalue weighted by Gasteiger charge is -2.47. The smallest absolute Gasteiger partial charge is 0.187 e. The van der Waals surface area contributed by atoms with Crippen molar-refractivity contribution in [1.82, 2.24) is 0 Å². The summed E-state index contributed by atoms with van der Waals surface area (Å²) in [5.74, 6) is 0. The maximum absolute atomic E-state index is 10.7. The molecule has 13 atom stereocenters. The zero-order chi connectivity index (χ0) is 24.3. The van der Waals surface area contributed by atoms with E-state index in [2.05, 4.69) is 0 Å². The van der Waals surface area contributed by atoms with Gasteiger partial charge in [0.15, 0.2) is 12.6 Å². The number of aliphatic hydroxyl groups is 8. The van der Waals surface area contributed by atoms with Crippen LogP contribution in [0.4, 0.5) is 0 Å². The first kappa shape index (κ1) is 27.0. The zero-order valence-electron chi connectivity index (χ0n) is 17.8. The third-order valence-electron chi connectivity index (χ3n) is 5.92. The van der Waals surface area contributed by atoms with E-state index in [-0.39, 0.29) is 11.9 Å². The first-order chi connectivity index (χ1) is 15.8. The van der Waals surface area contributed by atoms with Gasteiger partial charge in [0.05, 0.1) is 31.3 Å². The number of ether oxygens (including phenoxy) is 5. The van der Waals surface area contributed by atoms with Crippen LogP contribution in [0.5, 0.6) is 0 Å². The number of rotatable bonds is 8. The van der Waals surface area contributed by atoms with Gasteiger partial charge in [0, 0.05) is 0 Å². The molecule has 13 nitrogen and oxygen atoms in total. The summed E-state index contributed by atoms with van der Waals surface area (Å²) < 4.78 is 27.6. The summed E-state index contributed by atoms with van der Waals surface area (Å²) in [7, 11) is 0. The van der Waals surface area contributed by atoms with Crippen LogP contribution in [0.15, 0.2) is 12.3 Å². The van der Waals surface area contributed by atoms with Crippen LogP contribution in [0.1, 0.15) is 0 Å². The third-order valence-corrected chi connectivity index (χ3v) is 6.89. The Labute approximate surface area is 194 Å². The average molecular weight is 501 g/mol. The molecular formula is C19H32O13S. The van der Waals surface area contributed by atoms with Gasteiger partial charge in [-0.25, -0.2) is 0 Å². The molecule has 33 heavy (non-hydrogen) atoms. The van der Waals surface area contributed by atoms with Crippen molar-refractivity contribution in [3.8, 4) is 0 Å². The monoisotopic (exact) mass is 500 g/mol. The highest BCUT2D eigenvalue weighted by Gasteiger charge is 2.51. The molecule has 0 amide bonds. The number of hydrogen-bond acceptors (Lipinski definition) is 14. The Hall–Kier alpha value is -0.590. The molecule has 0 bridgehead atoms. The lowest BCUT2D eigenvalue weighted by Crippen LogP contribution is -2.65. The summed E-state index contributed by atoms with van der Waals surface area (Å²) in [5.41, 5.74) is 0. The van der Waals surface area contributed by atoms with E-state index in [9.17, 15) is 40.9 Å². The van der Waals surface area contributed by atoms with Crippen molar-refractivity contribution >= 4 is 11.8 Å². The molecule has 0 aliphatic carbocycles. The molecule has 3 aliphatic heterocycles. The van der Waals surface area contributed by atoms with E-state index in [4.69, 9.17) is 23.7 Å². The summed E-state index contributed by atoms with van der Waals surface area (Å²) in [5, 5.41) is 79.8. The second kappa shape index (κ2) is 11.9. The highest BCUT2D eigenvalue weighted by Crippen LogP contribution is 2.32. The summed E-state index contributed by atoms with van der Waals surface area (Å²) in [6.07, 6.45) is -11.9. The minimum atomic E-state index is -1.75. The molecule has 192 valence electrons. The molecule has 3 heterocycles. The van der Waals surface area contributed by atoms with Crippen molar-refractivity contribution in [2.75, 3.05) is 26.1 Å². The van der Waals surface area contributed by atoms with E-state index < -0.39 is 86.8 Å². The second-order valence-corrected chi connectivity index (χ2v) is 9.01. The summed E-state index contributed by atoms with van der Waals surface area (Å²) >= 11 is 1.41. The highest BCUT2D eigenvalue weighted by atomic mass is 32.2. The number of hydrogen-bond donors (Lipinski definition) is 8. The van der Waals surface area contributed by atoms with Crippen LogP contribution in [-0.2, 0) is 23.7 Å². The summed E-state index contributed by atoms with van der Waals surface area (Å²) in [6, 6.07) is 0. The Balaban J connectivity index is 1.72. The first-order valence-electron chi connectivity index (χ1n) is 10.5. The standard InChI is InChI=1S/C19H32O13S/c1-33-10-2-3-28-8(5-21)16(10)31-19-15(27)13(25)17(9(6-22)30-19)32-18-14(26)12(24)11(23)7(4-20)29-18/h2-3,7-27H,4-6H2,1H3/t7?,8?,9?,10-,11+,12+,13-,14?,15?,16+,17+,18+,19+/m1/s1. The third kappa shape index (κ3) is 5.64. The minimum absolute atomic E-state index is 0.250. The Kier molecular flexibility index (Phi) is 9.74. The average Bonchev–Trinajstić information content (AvgIpc) is 2.83. The molecule has 5 unspecified atom stereocenters. The SMILES string of the molecule is CS[C@@H]1C=COC(CO)[C@@H]1O[C@@H]1OC(CO)[C@H](O[C@@H]2OC(CO)[C@H](O)[C@H](O)C2O)[C@H](O)C1O. The Morgan fingerprint density at radius 3 is 1.82 bits per heavy atom. The fourth-order valence-corrected chi connectivity index (χ4v) is 4.70. The van der Waals surface area contributed by atoms with Gasteiger partial charge in [0.25, 0.3) is 0 Å². The molecule has 2 fully saturated rings. The largest absolute Gasteiger partial charge is 0.493 e. The molecule has 14 heteroatoms. The molecule has 0 aromatic rings. The molecule has 0 spiro atoms. The van der Waals surface area contributed by atoms with Gasteiger partial charge in [0.1, 0.15) is 61.0 Å². The summed E-state index contributed by atoms with van der Waals surface area (Å²) in [6.45, 7) is -1.73. The van der Waals surface area contributed by atoms with Crippen molar-refractivity contribution in [3.63, 3.8) is 0 Å². The molecule has 3 rings (SSSR count). The van der Waals surface area contributed by atoms with Crippen molar-refractivity contribution in [2.24, 2.45) is 0 Å². The fourth-order valence-electron chi connectivity index (χ4n) is 3.97. The molecule has 0 aromatic heterocycles. The quantitative estimate of drug-likeness (QED) is 0.158. The van der Waals surface area contributed by atoms with Crippen molar-refractivity contribution in [3.05, 3.63) is 12.3 Å². The number of thioether (sulfide) groups is 1. The van der Waals surface area contributed by atoms with Gasteiger partial charge in [-0.05, 0) is 12.3 Å². The highest BCUT2D eigenvalue weighted by molar-refractivity contribution is 7.99. The molecular weight excluding hydrogens is 468 g/mol. The Morgan fingerprint density at radius 1 is 0.697 bits per heavy atom. The zero-order valence-corrected chi connectivity index (χ0v) is 18.6. The van der Waals surface area contributed by atoms with E-state index in [1.165, 1.54) is 18.0 Å². The van der Waals surface area contributed by atoms with Crippen LogP contribution >= 0.6 is 11.8 Å². The fraction of sp³-hybridized carbons (Fsp3) is 0.895. The topological polar surface area (TPSA) is 208 Å². The van der Waals surface area contributed by atoms with Gasteiger partial charge in [-0.1, -0.05) is 0 Å². The maximum atomic E-state index is 10.7. The molecule has 0 aromatic carbocycles. The van der Waals surface area contributed by atoms with Crippen LogP contribution < -0.4 is 0 Å². The van der Waals surface area contributed by atoms with Crippen molar-refractivity contribution < 1.29 is 64.5 Å². The first-order valence-corrected chi connectivity index (χ1v) is 11.8. The van der Waals surface area contributed by atoms with E-state index in [0.717, 1.165) is 0 Å². The van der Waals surface area contributed by atoms with Crippen LogP contribution in [0.3, 0.4) is 0 Å². The maximum Gasteiger partial charge on any atom is 0.187 e. The van der Waals surface area contributed by atoms with Gasteiger partial charge >= 0.3 is 0 Å². The Morgan fingerprint density at radius 2 is 1.24 bits per heavy atom. The van der Waals surface area contributed by atoms with Crippen molar-refractivity contribution in [1.29, 1.82) is 0 Å². The van der Waals surface area contributed by atoms with Crippen LogP contribution in [-0.4, -0.2) is 146 Å². The van der Waals surface area contributed by atoms with Gasteiger partial charge < -0.3 is 64.5 Å². The van der Waals surface area contributed by atoms with Crippen LogP contribution in [0, 0.1) is 0 Å². The predicted molar refractivity (Wildman–Crippen MR) is 110 cm³/mol. The van der Waals surface area contributed by atoms with Gasteiger partial charge in [-0.15, -0.1) is 0 Å². The second-order valence-electron chi connectivity index (χ2n) is 7.99. The summed E-state index contributed by atoms with van der Waals surface area (Å²) in [4.78, 5) is 0. The van der Waals surface area contributed by atoms with E-state index in [1.807, 2.05) is 6.26 Å². The molecule has 0 radical (unpaired) electrons. The van der Waals surface area contributed by atoms with E-state index >= 15 is 0 Å². The minimum Gasteiger partial charge on any atom is -0.493 e. The lowest BCUT2D eigenvalue weighted by molar-refractivity contribution is -0.364. The van der Waals surface area contributed by atoms with Gasteiger partial charge in [0.2, 0.25) is 0 Å². The molecule has 0 saturated carbocycles. The van der Waals surface area contributed by atoms with Crippen LogP contribution in [0.2, 0.25) is 0 Å². The van der Waals surface area contributed by atoms with Gasteiger partial charge in [-0.2, -0.15) is 11.8 Å². The predicted octanol–water partition coefficient (Wildman–Crippen LogP) is -4.37. The lowest BCUT2D eigenvalue weighted by atomic mass is 9.97. The van der Waals surface area contributed by atoms with E-state index in [0.29, 0.717) is 0 Å². The molecule has 3 aliphatic rings. The molecule has 8 N–H and O–H groups in total. The molecule has 2 saturated heterocycles. The van der Waals surface area contributed by atoms with Crippen LogP contribution in [0.25, 0.3) is 0 Å². The van der Waals surface area contributed by atoms with Crippen molar-refractivity contribution in [2.45, 2.75) is 78.9 Å².